The Bertz CT molecular complexity index is 1040. The summed E-state index contributed by atoms with van der Waals surface area (Å²) in [6, 6.07) is 7.92. The van der Waals surface area contributed by atoms with Crippen molar-refractivity contribution < 1.29 is 18.7 Å². The number of ether oxygens (including phenoxy) is 1. The lowest BCUT2D eigenvalue weighted by Crippen LogP contribution is -2.40. The van der Waals surface area contributed by atoms with E-state index in [0.29, 0.717) is 52.4 Å². The number of nitriles is 1. The predicted octanol–water partition coefficient (Wildman–Crippen LogP) is 5.27. The summed E-state index contributed by atoms with van der Waals surface area (Å²) in [6.45, 7) is 7.35. The molecule has 164 valence electrons. The molecule has 1 aliphatic rings. The van der Waals surface area contributed by atoms with E-state index in [1.807, 2.05) is 20.8 Å². The standard InChI is InChI=1S/C22H23BrFN3O3S/c1-22(2,3)30-21(29)27-8-4-7-26(9-10-27)20(28)18-12-16(19(23)31-18)14-5-6-15(13-25)17(24)11-14/h5-6,11-12H,4,7-10H2,1-3H3. The van der Waals surface area contributed by atoms with Crippen LogP contribution in [-0.4, -0.2) is 53.6 Å². The van der Waals surface area contributed by atoms with E-state index in [-0.39, 0.29) is 17.6 Å². The zero-order valence-electron chi connectivity index (χ0n) is 17.6. The summed E-state index contributed by atoms with van der Waals surface area (Å²) < 4.78 is 20.2. The van der Waals surface area contributed by atoms with Gasteiger partial charge in [0.15, 0.2) is 0 Å². The highest BCUT2D eigenvalue weighted by atomic mass is 79.9. The zero-order valence-corrected chi connectivity index (χ0v) is 20.0. The van der Waals surface area contributed by atoms with Gasteiger partial charge in [-0.2, -0.15) is 5.26 Å². The molecule has 0 aliphatic carbocycles. The van der Waals surface area contributed by atoms with Crippen molar-refractivity contribution in [2.45, 2.75) is 32.8 Å². The van der Waals surface area contributed by atoms with E-state index in [1.54, 1.807) is 28.0 Å². The van der Waals surface area contributed by atoms with Crippen molar-refractivity contribution in [2.24, 2.45) is 0 Å². The molecule has 1 saturated heterocycles. The second kappa shape index (κ2) is 9.37. The van der Waals surface area contributed by atoms with Gasteiger partial charge in [-0.3, -0.25) is 4.79 Å². The van der Waals surface area contributed by atoms with Crippen LogP contribution in [0.4, 0.5) is 9.18 Å². The van der Waals surface area contributed by atoms with Gasteiger partial charge in [-0.15, -0.1) is 11.3 Å². The molecule has 9 heteroatoms. The Labute approximate surface area is 193 Å². The quantitative estimate of drug-likeness (QED) is 0.554. The molecule has 0 atom stereocenters. The third kappa shape index (κ3) is 5.63. The normalized spacial score (nSPS) is 14.7. The average Bonchev–Trinajstić information content (AvgIpc) is 2.92. The topological polar surface area (TPSA) is 73.6 Å². The van der Waals surface area contributed by atoms with Crippen LogP contribution in [0, 0.1) is 17.1 Å². The summed E-state index contributed by atoms with van der Waals surface area (Å²) in [4.78, 5) is 29.3. The molecule has 0 N–H and O–H groups in total. The fraction of sp³-hybridized carbons (Fsp3) is 0.409. The third-order valence-electron chi connectivity index (χ3n) is 4.73. The first-order valence-corrected chi connectivity index (χ1v) is 11.5. The van der Waals surface area contributed by atoms with E-state index in [2.05, 4.69) is 15.9 Å². The van der Waals surface area contributed by atoms with Crippen molar-refractivity contribution in [3.8, 4) is 17.2 Å². The lowest BCUT2D eigenvalue weighted by atomic mass is 10.1. The Hall–Kier alpha value is -2.44. The molecule has 0 saturated carbocycles. The second-order valence-electron chi connectivity index (χ2n) is 8.22. The molecule has 0 bridgehead atoms. The molecule has 1 fully saturated rings. The molecule has 0 radical (unpaired) electrons. The number of thiophene rings is 1. The number of nitrogens with zero attached hydrogens (tertiary/aromatic N) is 3. The number of carbonyl (C=O) groups excluding carboxylic acids is 2. The Kier molecular flexibility index (Phi) is 7.02. The number of halogens is 2. The summed E-state index contributed by atoms with van der Waals surface area (Å²) in [5, 5.41) is 8.91. The first-order chi connectivity index (χ1) is 14.6. The molecule has 3 rings (SSSR count). The van der Waals surface area contributed by atoms with Crippen molar-refractivity contribution in [1.82, 2.24) is 9.80 Å². The van der Waals surface area contributed by atoms with E-state index in [1.165, 1.54) is 23.5 Å². The number of carbonyl (C=O) groups is 2. The minimum atomic E-state index is -0.597. The number of amides is 2. The van der Waals surface area contributed by atoms with Gasteiger partial charge in [0.05, 0.1) is 14.2 Å². The van der Waals surface area contributed by atoms with E-state index >= 15 is 0 Å². The SMILES string of the molecule is CC(C)(C)OC(=O)N1CCCN(C(=O)c2cc(-c3ccc(C#N)c(F)c3)c(Br)s2)CC1. The fourth-order valence-corrected chi connectivity index (χ4v) is 4.97. The van der Waals surface area contributed by atoms with Crippen LogP contribution in [-0.2, 0) is 4.74 Å². The monoisotopic (exact) mass is 507 g/mol. The molecule has 31 heavy (non-hydrogen) atoms. The lowest BCUT2D eigenvalue weighted by molar-refractivity contribution is 0.0255. The molecule has 6 nitrogen and oxygen atoms in total. The maximum Gasteiger partial charge on any atom is 0.410 e. The van der Waals surface area contributed by atoms with Crippen LogP contribution in [0.2, 0.25) is 0 Å². The predicted molar refractivity (Wildman–Crippen MR) is 120 cm³/mol. The zero-order chi connectivity index (χ0) is 22.8. The van der Waals surface area contributed by atoms with Crippen LogP contribution in [0.15, 0.2) is 28.1 Å². The van der Waals surface area contributed by atoms with Gasteiger partial charge in [-0.25, -0.2) is 9.18 Å². The molecule has 0 unspecified atom stereocenters. The number of hydrogen-bond acceptors (Lipinski definition) is 5. The lowest BCUT2D eigenvalue weighted by Gasteiger charge is -2.26. The Morgan fingerprint density at radius 1 is 1.16 bits per heavy atom. The fourth-order valence-electron chi connectivity index (χ4n) is 3.23. The molecule has 1 aliphatic heterocycles. The average molecular weight is 508 g/mol. The maximum absolute atomic E-state index is 14.0. The molecule has 2 aromatic rings. The van der Waals surface area contributed by atoms with Gasteiger partial charge in [-0.05, 0) is 66.9 Å². The molecule has 1 aromatic carbocycles. The summed E-state index contributed by atoms with van der Waals surface area (Å²) in [7, 11) is 0. The van der Waals surface area contributed by atoms with Crippen LogP contribution >= 0.6 is 27.3 Å². The van der Waals surface area contributed by atoms with Gasteiger partial charge < -0.3 is 14.5 Å². The highest BCUT2D eigenvalue weighted by molar-refractivity contribution is 9.11. The number of hydrogen-bond donors (Lipinski definition) is 0. The molecule has 2 amide bonds. The van der Waals surface area contributed by atoms with Gasteiger partial charge in [0.1, 0.15) is 17.5 Å². The van der Waals surface area contributed by atoms with Gasteiger partial charge in [0, 0.05) is 31.7 Å². The first-order valence-electron chi connectivity index (χ1n) is 9.85. The summed E-state index contributed by atoms with van der Waals surface area (Å²) in [5.74, 6) is -0.724. The summed E-state index contributed by atoms with van der Waals surface area (Å²) in [6.07, 6.45) is 0.288. The molecule has 1 aromatic heterocycles. The van der Waals surface area contributed by atoms with E-state index in [0.717, 1.165) is 0 Å². The van der Waals surface area contributed by atoms with Crippen LogP contribution in [0.5, 0.6) is 0 Å². The summed E-state index contributed by atoms with van der Waals surface area (Å²) >= 11 is 4.75. The largest absolute Gasteiger partial charge is 0.444 e. The van der Waals surface area contributed by atoms with Gasteiger partial charge in [0.2, 0.25) is 0 Å². The molecule has 0 spiro atoms. The number of rotatable bonds is 2. The third-order valence-corrected chi connectivity index (χ3v) is 6.56. The van der Waals surface area contributed by atoms with Crippen LogP contribution in [0.25, 0.3) is 11.1 Å². The Balaban J connectivity index is 1.72. The minimum Gasteiger partial charge on any atom is -0.444 e. The van der Waals surface area contributed by atoms with Gasteiger partial charge in [-0.1, -0.05) is 6.07 Å². The van der Waals surface area contributed by atoms with Crippen LogP contribution in [0.3, 0.4) is 0 Å². The minimum absolute atomic E-state index is 0.0227. The second-order valence-corrected chi connectivity index (χ2v) is 10.6. The van der Waals surface area contributed by atoms with E-state index in [4.69, 9.17) is 10.00 Å². The summed E-state index contributed by atoms with van der Waals surface area (Å²) in [5.41, 5.74) is 0.696. The van der Waals surface area contributed by atoms with Crippen molar-refractivity contribution in [2.75, 3.05) is 26.2 Å². The van der Waals surface area contributed by atoms with Crippen molar-refractivity contribution >= 4 is 39.3 Å². The molecule has 2 heterocycles. The molecular formula is C22H23BrFN3O3S. The van der Waals surface area contributed by atoms with Crippen molar-refractivity contribution in [3.05, 3.63) is 44.3 Å². The van der Waals surface area contributed by atoms with Crippen molar-refractivity contribution in [3.63, 3.8) is 0 Å². The highest BCUT2D eigenvalue weighted by Crippen LogP contribution is 2.37. The highest BCUT2D eigenvalue weighted by Gasteiger charge is 2.27. The number of benzene rings is 1. The van der Waals surface area contributed by atoms with E-state index in [9.17, 15) is 14.0 Å². The smallest absolute Gasteiger partial charge is 0.410 e. The molecular weight excluding hydrogens is 485 g/mol. The van der Waals surface area contributed by atoms with Crippen molar-refractivity contribution in [1.29, 1.82) is 5.26 Å². The Morgan fingerprint density at radius 3 is 2.48 bits per heavy atom. The van der Waals surface area contributed by atoms with Gasteiger partial charge in [0.25, 0.3) is 5.91 Å². The Morgan fingerprint density at radius 2 is 1.84 bits per heavy atom. The van der Waals surface area contributed by atoms with Crippen LogP contribution < -0.4 is 0 Å². The van der Waals surface area contributed by atoms with Gasteiger partial charge >= 0.3 is 6.09 Å². The van der Waals surface area contributed by atoms with Crippen LogP contribution in [0.1, 0.15) is 42.4 Å². The van der Waals surface area contributed by atoms with E-state index < -0.39 is 11.4 Å². The first kappa shape index (κ1) is 23.2. The maximum atomic E-state index is 14.0.